The molecule has 3 rings (SSSR count). The number of nitrogens with two attached hydrogens (primary N) is 1. The summed E-state index contributed by atoms with van der Waals surface area (Å²) in [5.74, 6) is 1.08. The lowest BCUT2D eigenvalue weighted by molar-refractivity contribution is 0.819. The molecule has 0 saturated heterocycles. The SMILES string of the molecule is CC(N)c1ccc2c(c1)nc(Cc1ccccc1)n2C. The highest BCUT2D eigenvalue weighted by atomic mass is 15.1. The summed E-state index contributed by atoms with van der Waals surface area (Å²) in [6, 6.07) is 16.7. The van der Waals surface area contributed by atoms with E-state index in [0.717, 1.165) is 28.8 Å². The van der Waals surface area contributed by atoms with Gasteiger partial charge in [-0.25, -0.2) is 4.98 Å². The molecule has 3 nitrogen and oxygen atoms in total. The van der Waals surface area contributed by atoms with Gasteiger partial charge in [-0.3, -0.25) is 0 Å². The van der Waals surface area contributed by atoms with Crippen molar-refractivity contribution in [2.45, 2.75) is 19.4 Å². The van der Waals surface area contributed by atoms with E-state index in [-0.39, 0.29) is 6.04 Å². The zero-order chi connectivity index (χ0) is 14.1. The van der Waals surface area contributed by atoms with E-state index in [1.807, 2.05) is 13.0 Å². The Hall–Kier alpha value is -2.13. The van der Waals surface area contributed by atoms with Crippen molar-refractivity contribution in [2.24, 2.45) is 12.8 Å². The summed E-state index contributed by atoms with van der Waals surface area (Å²) in [6.45, 7) is 2.00. The van der Waals surface area contributed by atoms with E-state index < -0.39 is 0 Å². The van der Waals surface area contributed by atoms with Crippen molar-refractivity contribution in [1.29, 1.82) is 0 Å². The van der Waals surface area contributed by atoms with Crippen LogP contribution >= 0.6 is 0 Å². The van der Waals surface area contributed by atoms with Crippen molar-refractivity contribution >= 4 is 11.0 Å². The Morgan fingerprint density at radius 1 is 1.15 bits per heavy atom. The smallest absolute Gasteiger partial charge is 0.114 e. The van der Waals surface area contributed by atoms with Crippen molar-refractivity contribution in [2.75, 3.05) is 0 Å². The third-order valence-corrected chi connectivity index (χ3v) is 3.73. The molecule has 20 heavy (non-hydrogen) atoms. The van der Waals surface area contributed by atoms with Gasteiger partial charge in [-0.05, 0) is 30.2 Å². The quantitative estimate of drug-likeness (QED) is 0.790. The number of benzene rings is 2. The van der Waals surface area contributed by atoms with E-state index in [9.17, 15) is 0 Å². The normalized spacial score (nSPS) is 12.8. The van der Waals surface area contributed by atoms with Crippen molar-refractivity contribution in [3.63, 3.8) is 0 Å². The Bertz CT molecular complexity index is 727. The molecule has 1 aromatic heterocycles. The molecule has 0 aliphatic carbocycles. The number of nitrogens with zero attached hydrogens (tertiary/aromatic N) is 2. The second-order valence-corrected chi connectivity index (χ2v) is 5.29. The maximum Gasteiger partial charge on any atom is 0.114 e. The molecule has 2 aromatic carbocycles. The van der Waals surface area contributed by atoms with Crippen LogP contribution in [-0.4, -0.2) is 9.55 Å². The highest BCUT2D eigenvalue weighted by molar-refractivity contribution is 5.77. The summed E-state index contributed by atoms with van der Waals surface area (Å²) in [4.78, 5) is 4.76. The maximum absolute atomic E-state index is 5.94. The van der Waals surface area contributed by atoms with Crippen LogP contribution in [0.5, 0.6) is 0 Å². The fourth-order valence-corrected chi connectivity index (χ4v) is 2.49. The molecule has 3 heteroatoms. The van der Waals surface area contributed by atoms with Gasteiger partial charge in [-0.15, -0.1) is 0 Å². The molecule has 0 amide bonds. The standard InChI is InChI=1S/C17H19N3/c1-12(18)14-8-9-16-15(11-14)19-17(20(16)2)10-13-6-4-3-5-7-13/h3-9,11-12H,10,18H2,1-2H3. The van der Waals surface area contributed by atoms with Crippen LogP contribution in [0.4, 0.5) is 0 Å². The maximum atomic E-state index is 5.94. The Morgan fingerprint density at radius 3 is 2.60 bits per heavy atom. The van der Waals surface area contributed by atoms with Crippen molar-refractivity contribution in [1.82, 2.24) is 9.55 Å². The van der Waals surface area contributed by atoms with Crippen LogP contribution < -0.4 is 5.73 Å². The van der Waals surface area contributed by atoms with Gasteiger partial charge in [-0.2, -0.15) is 0 Å². The third kappa shape index (κ3) is 2.32. The first-order chi connectivity index (χ1) is 9.65. The van der Waals surface area contributed by atoms with Crippen LogP contribution in [-0.2, 0) is 13.5 Å². The lowest BCUT2D eigenvalue weighted by Crippen LogP contribution is -2.04. The summed E-state index contributed by atoms with van der Waals surface area (Å²) in [7, 11) is 2.07. The number of aryl methyl sites for hydroxylation is 1. The minimum absolute atomic E-state index is 0.0407. The van der Waals surface area contributed by atoms with Gasteiger partial charge in [0, 0.05) is 19.5 Å². The molecule has 0 fully saturated rings. The van der Waals surface area contributed by atoms with E-state index in [1.165, 1.54) is 5.56 Å². The number of aromatic nitrogens is 2. The summed E-state index contributed by atoms with van der Waals surface area (Å²) >= 11 is 0. The number of imidazole rings is 1. The first kappa shape index (κ1) is 12.9. The van der Waals surface area contributed by atoms with Crippen LogP contribution in [0.2, 0.25) is 0 Å². The molecule has 0 radical (unpaired) electrons. The van der Waals surface area contributed by atoms with Gasteiger partial charge >= 0.3 is 0 Å². The molecular formula is C17H19N3. The van der Waals surface area contributed by atoms with Crippen LogP contribution in [0.25, 0.3) is 11.0 Å². The van der Waals surface area contributed by atoms with Gasteiger partial charge in [0.2, 0.25) is 0 Å². The van der Waals surface area contributed by atoms with E-state index in [2.05, 4.69) is 54.1 Å². The minimum atomic E-state index is 0.0407. The predicted octanol–water partition coefficient (Wildman–Crippen LogP) is 3.18. The zero-order valence-corrected chi connectivity index (χ0v) is 11.9. The van der Waals surface area contributed by atoms with Gasteiger partial charge in [0.15, 0.2) is 0 Å². The molecule has 0 saturated carbocycles. The average molecular weight is 265 g/mol. The second-order valence-electron chi connectivity index (χ2n) is 5.29. The van der Waals surface area contributed by atoms with Crippen LogP contribution in [0, 0.1) is 0 Å². The lowest BCUT2D eigenvalue weighted by Gasteiger charge is -2.05. The second kappa shape index (κ2) is 5.10. The third-order valence-electron chi connectivity index (χ3n) is 3.73. The van der Waals surface area contributed by atoms with Gasteiger partial charge in [0.1, 0.15) is 5.82 Å². The van der Waals surface area contributed by atoms with E-state index in [4.69, 9.17) is 10.7 Å². The number of fused-ring (bicyclic) bond motifs is 1. The van der Waals surface area contributed by atoms with E-state index in [0.29, 0.717) is 0 Å². The summed E-state index contributed by atoms with van der Waals surface area (Å²) in [6.07, 6.45) is 0.847. The van der Waals surface area contributed by atoms with Gasteiger partial charge in [0.25, 0.3) is 0 Å². The first-order valence-electron chi connectivity index (χ1n) is 6.90. The van der Waals surface area contributed by atoms with Gasteiger partial charge in [0.05, 0.1) is 11.0 Å². The molecular weight excluding hydrogens is 246 g/mol. The Kier molecular flexibility index (Phi) is 3.28. The molecule has 1 atom stereocenters. The molecule has 3 aromatic rings. The lowest BCUT2D eigenvalue weighted by atomic mass is 10.1. The summed E-state index contributed by atoms with van der Waals surface area (Å²) < 4.78 is 2.16. The topological polar surface area (TPSA) is 43.8 Å². The first-order valence-corrected chi connectivity index (χ1v) is 6.90. The average Bonchev–Trinajstić information content (AvgIpc) is 2.76. The van der Waals surface area contributed by atoms with E-state index >= 15 is 0 Å². The van der Waals surface area contributed by atoms with Crippen LogP contribution in [0.3, 0.4) is 0 Å². The molecule has 2 N–H and O–H groups in total. The highest BCUT2D eigenvalue weighted by Gasteiger charge is 2.10. The number of hydrogen-bond acceptors (Lipinski definition) is 2. The van der Waals surface area contributed by atoms with Crippen molar-refractivity contribution < 1.29 is 0 Å². The van der Waals surface area contributed by atoms with Crippen molar-refractivity contribution in [3.8, 4) is 0 Å². The van der Waals surface area contributed by atoms with Crippen molar-refractivity contribution in [3.05, 3.63) is 65.5 Å². The van der Waals surface area contributed by atoms with Crippen LogP contribution in [0.15, 0.2) is 48.5 Å². The Labute approximate surface area is 119 Å². The number of rotatable bonds is 3. The Balaban J connectivity index is 2.02. The molecule has 102 valence electrons. The predicted molar refractivity (Wildman–Crippen MR) is 82.6 cm³/mol. The molecule has 0 aliphatic rings. The fraction of sp³-hybridized carbons (Fsp3) is 0.235. The van der Waals surface area contributed by atoms with Gasteiger partial charge < -0.3 is 10.3 Å². The summed E-state index contributed by atoms with van der Waals surface area (Å²) in [5, 5.41) is 0. The number of hydrogen-bond donors (Lipinski definition) is 1. The fourth-order valence-electron chi connectivity index (χ4n) is 2.49. The van der Waals surface area contributed by atoms with Crippen LogP contribution in [0.1, 0.15) is 29.9 Å². The minimum Gasteiger partial charge on any atom is -0.331 e. The monoisotopic (exact) mass is 265 g/mol. The Morgan fingerprint density at radius 2 is 1.90 bits per heavy atom. The van der Waals surface area contributed by atoms with E-state index in [1.54, 1.807) is 0 Å². The largest absolute Gasteiger partial charge is 0.331 e. The zero-order valence-electron chi connectivity index (χ0n) is 11.9. The highest BCUT2D eigenvalue weighted by Crippen LogP contribution is 2.21. The molecule has 0 aliphatic heterocycles. The summed E-state index contributed by atoms with van der Waals surface area (Å²) in [5.41, 5.74) is 10.5. The molecule has 1 unspecified atom stereocenters. The van der Waals surface area contributed by atoms with Gasteiger partial charge in [-0.1, -0.05) is 36.4 Å². The molecule has 0 spiro atoms. The molecule has 1 heterocycles. The molecule has 0 bridgehead atoms.